The van der Waals surface area contributed by atoms with Gasteiger partial charge in [-0.25, -0.2) is 4.98 Å². The van der Waals surface area contributed by atoms with Crippen molar-refractivity contribution >= 4 is 34.2 Å². The molecule has 146 valence electrons. The van der Waals surface area contributed by atoms with Crippen molar-refractivity contribution in [2.75, 3.05) is 5.32 Å². The Kier molecular flexibility index (Phi) is 5.49. The number of imidazole rings is 1. The fraction of sp³-hybridized carbons (Fsp3) is 0.130. The number of carbonyl (C=O) groups is 1. The van der Waals surface area contributed by atoms with E-state index < -0.39 is 0 Å². The van der Waals surface area contributed by atoms with Crippen LogP contribution in [0.4, 0.5) is 5.69 Å². The monoisotopic (exact) mass is 405 g/mol. The predicted octanol–water partition coefficient (Wildman–Crippen LogP) is 5.22. The molecular formula is C23H20ClN3O2. The molecule has 0 radical (unpaired) electrons. The zero-order valence-corrected chi connectivity index (χ0v) is 16.7. The Hall–Kier alpha value is -3.31. The minimum atomic E-state index is -0.182. The summed E-state index contributed by atoms with van der Waals surface area (Å²) in [4.78, 5) is 17.3. The number of amides is 1. The number of fused-ring (bicyclic) bond motifs is 1. The Morgan fingerprint density at radius 3 is 2.69 bits per heavy atom. The minimum Gasteiger partial charge on any atom is -0.486 e. The van der Waals surface area contributed by atoms with Gasteiger partial charge in [0.15, 0.2) is 0 Å². The van der Waals surface area contributed by atoms with Crippen molar-refractivity contribution in [3.63, 3.8) is 0 Å². The highest BCUT2D eigenvalue weighted by Gasteiger charge is 2.15. The van der Waals surface area contributed by atoms with Crippen LogP contribution < -0.4 is 10.1 Å². The molecule has 0 spiro atoms. The summed E-state index contributed by atoms with van der Waals surface area (Å²) in [6.45, 7) is 2.39. The lowest BCUT2D eigenvalue weighted by Gasteiger charge is -2.12. The first kappa shape index (κ1) is 19.0. The van der Waals surface area contributed by atoms with Gasteiger partial charge >= 0.3 is 0 Å². The highest BCUT2D eigenvalue weighted by atomic mass is 35.5. The van der Waals surface area contributed by atoms with Gasteiger partial charge in [-0.15, -0.1) is 0 Å². The second-order valence-corrected chi connectivity index (χ2v) is 7.14. The van der Waals surface area contributed by atoms with Gasteiger partial charge < -0.3 is 14.6 Å². The molecule has 0 aliphatic rings. The van der Waals surface area contributed by atoms with Gasteiger partial charge in [-0.1, -0.05) is 48.0 Å². The van der Waals surface area contributed by atoms with Crippen molar-refractivity contribution in [2.24, 2.45) is 0 Å². The van der Waals surface area contributed by atoms with E-state index in [0.717, 1.165) is 22.3 Å². The molecule has 29 heavy (non-hydrogen) atoms. The van der Waals surface area contributed by atoms with Gasteiger partial charge in [-0.3, -0.25) is 4.79 Å². The number of carbonyl (C=O) groups excluding carboxylic acids is 1. The average molecular weight is 406 g/mol. The van der Waals surface area contributed by atoms with Crippen LogP contribution in [-0.2, 0) is 17.9 Å². The molecule has 0 saturated carbocycles. The number of aromatic nitrogens is 2. The van der Waals surface area contributed by atoms with Crippen LogP contribution in [0.5, 0.6) is 5.75 Å². The lowest BCUT2D eigenvalue weighted by atomic mass is 10.2. The summed E-state index contributed by atoms with van der Waals surface area (Å²) in [5.41, 5.74) is 3.40. The molecule has 4 aromatic rings. The number of nitrogens with one attached hydrogen (secondary N) is 1. The van der Waals surface area contributed by atoms with E-state index in [2.05, 4.69) is 10.3 Å². The highest BCUT2D eigenvalue weighted by Crippen LogP contribution is 2.22. The Labute approximate surface area is 173 Å². The van der Waals surface area contributed by atoms with Gasteiger partial charge in [0.05, 0.1) is 21.7 Å². The molecule has 1 N–H and O–H groups in total. The van der Waals surface area contributed by atoms with Crippen molar-refractivity contribution in [3.05, 3.63) is 89.2 Å². The van der Waals surface area contributed by atoms with E-state index in [-0.39, 0.29) is 19.1 Å². The molecule has 4 rings (SSSR count). The van der Waals surface area contributed by atoms with Crippen molar-refractivity contribution < 1.29 is 9.53 Å². The molecule has 1 amide bonds. The van der Waals surface area contributed by atoms with E-state index in [0.29, 0.717) is 16.5 Å². The summed E-state index contributed by atoms with van der Waals surface area (Å²) < 4.78 is 7.80. The number of rotatable bonds is 6. The fourth-order valence-corrected chi connectivity index (χ4v) is 3.34. The molecule has 0 unspecified atom stereocenters. The van der Waals surface area contributed by atoms with Gasteiger partial charge in [-0.2, -0.15) is 0 Å². The zero-order chi connectivity index (χ0) is 20.2. The normalized spacial score (nSPS) is 10.8. The number of hydrogen-bond acceptors (Lipinski definition) is 3. The molecule has 0 fully saturated rings. The third kappa shape index (κ3) is 4.41. The second kappa shape index (κ2) is 8.37. The van der Waals surface area contributed by atoms with Crippen LogP contribution >= 0.6 is 11.6 Å². The molecular weight excluding hydrogens is 386 g/mol. The Bertz CT molecular complexity index is 1170. The Morgan fingerprint density at radius 1 is 1.07 bits per heavy atom. The number of nitrogens with zero attached hydrogens (tertiary/aromatic N) is 2. The molecule has 0 saturated heterocycles. The summed E-state index contributed by atoms with van der Waals surface area (Å²) in [5, 5.41) is 3.36. The molecule has 5 nitrogen and oxygen atoms in total. The predicted molar refractivity (Wildman–Crippen MR) is 115 cm³/mol. The summed E-state index contributed by atoms with van der Waals surface area (Å²) >= 11 is 6.15. The van der Waals surface area contributed by atoms with E-state index >= 15 is 0 Å². The van der Waals surface area contributed by atoms with Crippen LogP contribution in [0.3, 0.4) is 0 Å². The average Bonchev–Trinajstić information content (AvgIpc) is 3.06. The van der Waals surface area contributed by atoms with Gasteiger partial charge in [-0.05, 0) is 48.9 Å². The van der Waals surface area contributed by atoms with Crippen molar-refractivity contribution in [1.29, 1.82) is 0 Å². The molecule has 1 aromatic heterocycles. The number of anilines is 1. The van der Waals surface area contributed by atoms with Crippen LogP contribution in [-0.4, -0.2) is 15.5 Å². The van der Waals surface area contributed by atoms with Crippen LogP contribution in [0, 0.1) is 6.92 Å². The summed E-state index contributed by atoms with van der Waals surface area (Å²) in [6, 6.07) is 22.7. The summed E-state index contributed by atoms with van der Waals surface area (Å²) in [6.07, 6.45) is 0. The molecule has 3 aromatic carbocycles. The first-order valence-corrected chi connectivity index (χ1v) is 9.66. The van der Waals surface area contributed by atoms with Gasteiger partial charge in [0.1, 0.15) is 24.7 Å². The number of hydrogen-bond donors (Lipinski definition) is 1. The molecule has 0 bridgehead atoms. The van der Waals surface area contributed by atoms with Crippen LogP contribution in [0.2, 0.25) is 5.02 Å². The third-order valence-electron chi connectivity index (χ3n) is 4.54. The van der Waals surface area contributed by atoms with Crippen molar-refractivity contribution in [3.8, 4) is 5.75 Å². The lowest BCUT2D eigenvalue weighted by molar-refractivity contribution is -0.116. The first-order valence-electron chi connectivity index (χ1n) is 9.28. The zero-order valence-electron chi connectivity index (χ0n) is 15.9. The van der Waals surface area contributed by atoms with Crippen LogP contribution in [0.15, 0.2) is 72.8 Å². The van der Waals surface area contributed by atoms with Crippen LogP contribution in [0.1, 0.15) is 11.4 Å². The molecule has 0 aliphatic heterocycles. The standard InChI is InChI=1S/C23H20ClN3O2/c1-16-7-6-8-17(13-16)29-15-22-25-20-11-4-5-12-21(20)27(22)14-23(28)26-19-10-3-2-9-18(19)24/h2-13H,14-15H2,1H3,(H,26,28). The summed E-state index contributed by atoms with van der Waals surface area (Å²) in [7, 11) is 0. The second-order valence-electron chi connectivity index (χ2n) is 6.74. The van der Waals surface area contributed by atoms with Gasteiger partial charge in [0, 0.05) is 0 Å². The van der Waals surface area contributed by atoms with Gasteiger partial charge in [0.2, 0.25) is 5.91 Å². The van der Waals surface area contributed by atoms with E-state index in [1.54, 1.807) is 12.1 Å². The Morgan fingerprint density at radius 2 is 1.86 bits per heavy atom. The maximum atomic E-state index is 12.7. The van der Waals surface area contributed by atoms with E-state index in [1.807, 2.05) is 72.2 Å². The van der Waals surface area contributed by atoms with Crippen LogP contribution in [0.25, 0.3) is 11.0 Å². The van der Waals surface area contributed by atoms with Crippen molar-refractivity contribution in [1.82, 2.24) is 9.55 Å². The highest BCUT2D eigenvalue weighted by molar-refractivity contribution is 6.33. The Balaban J connectivity index is 1.58. The quantitative estimate of drug-likeness (QED) is 0.478. The number of benzene rings is 3. The smallest absolute Gasteiger partial charge is 0.244 e. The number of para-hydroxylation sites is 3. The summed E-state index contributed by atoms with van der Waals surface area (Å²) in [5.74, 6) is 1.27. The topological polar surface area (TPSA) is 56.2 Å². The van der Waals surface area contributed by atoms with Gasteiger partial charge in [0.25, 0.3) is 0 Å². The molecule has 0 atom stereocenters. The molecule has 1 heterocycles. The maximum Gasteiger partial charge on any atom is 0.244 e. The largest absolute Gasteiger partial charge is 0.486 e. The number of aryl methyl sites for hydroxylation is 1. The number of halogens is 1. The molecule has 6 heteroatoms. The minimum absolute atomic E-state index is 0.109. The first-order chi connectivity index (χ1) is 14.1. The molecule has 0 aliphatic carbocycles. The SMILES string of the molecule is Cc1cccc(OCc2nc3ccccc3n2CC(=O)Nc2ccccc2Cl)c1. The third-order valence-corrected chi connectivity index (χ3v) is 4.87. The number of ether oxygens (including phenoxy) is 1. The maximum absolute atomic E-state index is 12.7. The van der Waals surface area contributed by atoms with Crippen molar-refractivity contribution in [2.45, 2.75) is 20.1 Å². The lowest BCUT2D eigenvalue weighted by Crippen LogP contribution is -2.21. The van der Waals surface area contributed by atoms with E-state index in [9.17, 15) is 4.79 Å². The van der Waals surface area contributed by atoms with E-state index in [1.165, 1.54) is 0 Å². The fourth-order valence-electron chi connectivity index (χ4n) is 3.16. The van der Waals surface area contributed by atoms with E-state index in [4.69, 9.17) is 16.3 Å².